The molecule has 2 aromatic carbocycles. The molecule has 0 atom stereocenters. The lowest BCUT2D eigenvalue weighted by Crippen LogP contribution is -2.34. The highest BCUT2D eigenvalue weighted by atomic mass is 79.9. The Hall–Kier alpha value is -3.56. The highest BCUT2D eigenvalue weighted by Gasteiger charge is 2.16. The molecule has 0 aliphatic heterocycles. The molecular weight excluding hydrogens is 828 g/mol. The maximum absolute atomic E-state index is 11.5. The molecule has 0 bridgehead atoms. The van der Waals surface area contributed by atoms with Gasteiger partial charge in [-0.05, 0) is 76.9 Å². The number of aromatic nitrogens is 4. The molecule has 2 heterocycles. The fraction of sp³-hybridized carbons (Fsp3) is 0.412. The van der Waals surface area contributed by atoms with Crippen LogP contribution in [-0.4, -0.2) is 68.0 Å². The Morgan fingerprint density at radius 3 is 1.67 bits per heavy atom. The summed E-state index contributed by atoms with van der Waals surface area (Å²) in [5, 5.41) is 13.0. The first-order valence-corrected chi connectivity index (χ1v) is 18.0. The smallest absolute Gasteiger partial charge is 0.407 e. The van der Waals surface area contributed by atoms with Gasteiger partial charge in [0, 0.05) is 47.0 Å². The van der Waals surface area contributed by atoms with Crippen molar-refractivity contribution in [1.82, 2.24) is 30.2 Å². The summed E-state index contributed by atoms with van der Waals surface area (Å²) in [6, 6.07) is 19.3. The average molecular weight is 873 g/mol. The quantitative estimate of drug-likeness (QED) is 0.121. The van der Waals surface area contributed by atoms with Gasteiger partial charge in [0.25, 0.3) is 5.56 Å². The largest absolute Gasteiger partial charge is 0.475 e. The lowest BCUT2D eigenvalue weighted by molar-refractivity contribution is 0.0513. The van der Waals surface area contributed by atoms with Crippen molar-refractivity contribution in [2.24, 2.45) is 14.1 Å². The van der Waals surface area contributed by atoms with Gasteiger partial charge in [0.05, 0.1) is 17.9 Å². The summed E-state index contributed by atoms with van der Waals surface area (Å²) in [4.78, 5) is 33.5. The molecule has 0 saturated carbocycles. The van der Waals surface area contributed by atoms with Crippen molar-refractivity contribution in [2.75, 3.05) is 25.0 Å². The van der Waals surface area contributed by atoms with E-state index in [9.17, 15) is 14.4 Å². The third-order valence-electron chi connectivity index (χ3n) is 5.83. The van der Waals surface area contributed by atoms with E-state index in [1.165, 1.54) is 0 Å². The molecule has 0 spiro atoms. The van der Waals surface area contributed by atoms with E-state index in [2.05, 4.69) is 68.6 Å². The number of carbonyl (C=O) groups is 2. The highest BCUT2D eigenvalue weighted by molar-refractivity contribution is 9.10. The van der Waals surface area contributed by atoms with Crippen molar-refractivity contribution in [2.45, 2.75) is 52.7 Å². The number of H-pyrrole nitrogens is 1. The van der Waals surface area contributed by atoms with Crippen molar-refractivity contribution >= 4 is 60.0 Å². The van der Waals surface area contributed by atoms with E-state index >= 15 is 0 Å². The van der Waals surface area contributed by atoms with Gasteiger partial charge in [-0.15, -0.1) is 5.10 Å². The SMILES string of the molecule is CC(C)(C)OC(=O)NCCBr.Cn1[nH]c(=O)cc1-c1ccc(Br)cc1.Cn1nc(OCCNC(=O)OC(C)(C)C)cc1-c1ccc(Br)cc1. The standard InChI is InChI=1S/C17H22BrN3O3.C10H9BrN2O.C7H14BrNO2/c1-17(2,3)24-16(22)19-9-10-23-15-11-14(21(4)20-15)12-5-7-13(18)8-6-12;1-13-9(6-10(14)12-13)7-2-4-8(11)5-3-7;1-7(2,3)11-6(10)9-5-4-8/h5-8,11H,9-10H2,1-4H3,(H,19,22);2-6H,1H3,(H,12,14);4-5H2,1-3H3,(H,9,10). The van der Waals surface area contributed by atoms with E-state index in [4.69, 9.17) is 14.2 Å². The van der Waals surface area contributed by atoms with Crippen LogP contribution in [0.5, 0.6) is 5.88 Å². The molecule has 0 radical (unpaired) electrons. The molecule has 2 amide bonds. The van der Waals surface area contributed by atoms with Crippen LogP contribution >= 0.6 is 47.8 Å². The van der Waals surface area contributed by atoms with Gasteiger partial charge < -0.3 is 24.8 Å². The van der Waals surface area contributed by atoms with Gasteiger partial charge in [-0.25, -0.2) is 9.59 Å². The van der Waals surface area contributed by atoms with Crippen LogP contribution in [-0.2, 0) is 23.6 Å². The average Bonchev–Trinajstić information content (AvgIpc) is 3.54. The van der Waals surface area contributed by atoms with Crippen LogP contribution in [0.15, 0.2) is 74.4 Å². The maximum Gasteiger partial charge on any atom is 0.407 e. The topological polar surface area (TPSA) is 142 Å². The third-order valence-corrected chi connectivity index (χ3v) is 7.28. The molecule has 2 aromatic heterocycles. The number of benzene rings is 2. The lowest BCUT2D eigenvalue weighted by Gasteiger charge is -2.19. The second-order valence-corrected chi connectivity index (χ2v) is 15.1. The van der Waals surface area contributed by atoms with Crippen LogP contribution in [0.2, 0.25) is 0 Å². The van der Waals surface area contributed by atoms with E-state index in [1.54, 1.807) is 15.4 Å². The molecule has 12 nitrogen and oxygen atoms in total. The molecule has 4 aromatic rings. The van der Waals surface area contributed by atoms with Crippen LogP contribution in [0.1, 0.15) is 41.5 Å². The normalized spacial score (nSPS) is 10.9. The molecule has 0 unspecified atom stereocenters. The fourth-order valence-electron chi connectivity index (χ4n) is 3.87. The van der Waals surface area contributed by atoms with Gasteiger partial charge in [0.2, 0.25) is 5.88 Å². The van der Waals surface area contributed by atoms with Crippen LogP contribution < -0.4 is 20.9 Å². The molecule has 0 aliphatic rings. The summed E-state index contributed by atoms with van der Waals surface area (Å²) in [5.74, 6) is 0.515. The van der Waals surface area contributed by atoms with E-state index in [0.717, 1.165) is 36.8 Å². The number of halogens is 3. The number of carbonyl (C=O) groups excluding carboxylic acids is 2. The number of alkyl carbamates (subject to hydrolysis) is 2. The van der Waals surface area contributed by atoms with Gasteiger partial charge in [-0.2, -0.15) is 0 Å². The molecule has 268 valence electrons. The first kappa shape index (κ1) is 41.6. The van der Waals surface area contributed by atoms with Crippen molar-refractivity contribution in [3.8, 4) is 28.4 Å². The lowest BCUT2D eigenvalue weighted by atomic mass is 10.1. The fourth-order valence-corrected chi connectivity index (χ4v) is 4.59. The zero-order chi connectivity index (χ0) is 36.8. The second kappa shape index (κ2) is 19.6. The van der Waals surface area contributed by atoms with Crippen LogP contribution in [0, 0.1) is 0 Å². The zero-order valence-electron chi connectivity index (χ0n) is 29.0. The molecule has 0 aliphatic carbocycles. The first-order chi connectivity index (χ1) is 22.9. The van der Waals surface area contributed by atoms with Crippen molar-refractivity contribution < 1.29 is 23.8 Å². The van der Waals surface area contributed by atoms with Crippen molar-refractivity contribution in [3.05, 3.63) is 80.0 Å². The summed E-state index contributed by atoms with van der Waals surface area (Å²) < 4.78 is 21.2. The van der Waals surface area contributed by atoms with Crippen LogP contribution in [0.25, 0.3) is 22.5 Å². The summed E-state index contributed by atoms with van der Waals surface area (Å²) in [6.45, 7) is 12.2. The van der Waals surface area contributed by atoms with Gasteiger partial charge in [-0.3, -0.25) is 19.3 Å². The molecule has 4 rings (SSSR count). The summed E-state index contributed by atoms with van der Waals surface area (Å²) in [6.07, 6.45) is -0.820. The first-order valence-electron chi connectivity index (χ1n) is 15.3. The monoisotopic (exact) mass is 870 g/mol. The minimum atomic E-state index is -0.508. The third kappa shape index (κ3) is 16.6. The number of amides is 2. The Bertz CT molecular complexity index is 1670. The number of aryl methyl sites for hydroxylation is 2. The Kier molecular flexibility index (Phi) is 16.6. The van der Waals surface area contributed by atoms with Gasteiger partial charge in [0.15, 0.2) is 0 Å². The predicted octanol–water partition coefficient (Wildman–Crippen LogP) is 7.80. The Morgan fingerprint density at radius 2 is 1.24 bits per heavy atom. The number of aromatic amines is 1. The highest BCUT2D eigenvalue weighted by Crippen LogP contribution is 2.25. The van der Waals surface area contributed by atoms with Crippen LogP contribution in [0.4, 0.5) is 9.59 Å². The van der Waals surface area contributed by atoms with Gasteiger partial charge >= 0.3 is 12.2 Å². The van der Waals surface area contributed by atoms with Crippen LogP contribution in [0.3, 0.4) is 0 Å². The molecular formula is C34H45Br3N6O6. The van der Waals surface area contributed by atoms with E-state index < -0.39 is 17.3 Å². The molecule has 49 heavy (non-hydrogen) atoms. The zero-order valence-corrected chi connectivity index (χ0v) is 33.8. The molecule has 0 fully saturated rings. The van der Waals surface area contributed by atoms with Crippen molar-refractivity contribution in [3.63, 3.8) is 0 Å². The minimum absolute atomic E-state index is 0.0783. The second-order valence-electron chi connectivity index (χ2n) is 12.5. The predicted molar refractivity (Wildman–Crippen MR) is 203 cm³/mol. The maximum atomic E-state index is 11.5. The number of alkyl halides is 1. The number of hydrogen-bond donors (Lipinski definition) is 3. The number of nitrogens with one attached hydrogen (secondary N) is 3. The van der Waals surface area contributed by atoms with E-state index in [-0.39, 0.29) is 11.7 Å². The van der Waals surface area contributed by atoms with Gasteiger partial charge in [0.1, 0.15) is 17.8 Å². The Labute approximate surface area is 312 Å². The summed E-state index contributed by atoms with van der Waals surface area (Å²) in [7, 11) is 3.68. The number of nitrogens with zero attached hydrogens (tertiary/aromatic N) is 3. The Morgan fingerprint density at radius 1 is 0.776 bits per heavy atom. The van der Waals surface area contributed by atoms with Gasteiger partial charge in [-0.1, -0.05) is 72.1 Å². The number of rotatable bonds is 8. The summed E-state index contributed by atoms with van der Waals surface area (Å²) >= 11 is 9.97. The number of ether oxygens (including phenoxy) is 3. The van der Waals surface area contributed by atoms with E-state index in [0.29, 0.717) is 25.6 Å². The van der Waals surface area contributed by atoms with Crippen molar-refractivity contribution in [1.29, 1.82) is 0 Å². The molecule has 0 saturated heterocycles. The molecule has 15 heteroatoms. The minimum Gasteiger partial charge on any atom is -0.475 e. The number of hydrogen-bond acceptors (Lipinski definition) is 7. The Balaban J connectivity index is 0.000000282. The summed E-state index contributed by atoms with van der Waals surface area (Å²) in [5.41, 5.74) is 2.93. The molecule has 3 N–H and O–H groups in total. The van der Waals surface area contributed by atoms with E-state index in [1.807, 2.05) is 110 Å².